The zero-order chi connectivity index (χ0) is 13.8. The van der Waals surface area contributed by atoms with Gasteiger partial charge in [0.2, 0.25) is 0 Å². The largest absolute Gasteiger partial charge is 0.330 e. The highest BCUT2D eigenvalue weighted by Crippen LogP contribution is 2.08. The molecular weight excluding hydrogens is 234 g/mol. The molecule has 114 valence electrons. The molecule has 0 aromatic heterocycles. The topological polar surface area (TPSA) is 32.5 Å². The van der Waals surface area contributed by atoms with Crippen LogP contribution in [0.2, 0.25) is 0 Å². The van der Waals surface area contributed by atoms with Gasteiger partial charge in [0.15, 0.2) is 0 Å². The Hall–Kier alpha value is -0.120. The summed E-state index contributed by atoms with van der Waals surface area (Å²) in [7, 11) is 0. The third-order valence-electron chi connectivity index (χ3n) is 4.19. The fourth-order valence-corrected chi connectivity index (χ4v) is 2.89. The first-order valence-electron chi connectivity index (χ1n) is 8.51. The van der Waals surface area contributed by atoms with Crippen molar-refractivity contribution in [1.29, 1.82) is 0 Å². The molecule has 3 nitrogen and oxygen atoms in total. The first kappa shape index (κ1) is 16.9. The van der Waals surface area contributed by atoms with Gasteiger partial charge in [0, 0.05) is 13.1 Å². The molecule has 19 heavy (non-hydrogen) atoms. The molecule has 0 amide bonds. The lowest BCUT2D eigenvalue weighted by Gasteiger charge is -2.21. The predicted octanol–water partition coefficient (Wildman–Crippen LogP) is 2.70. The summed E-state index contributed by atoms with van der Waals surface area (Å²) in [5.74, 6) is 0. The molecule has 0 aromatic carbocycles. The second kappa shape index (κ2) is 11.7. The Bertz CT molecular complexity index is 196. The summed E-state index contributed by atoms with van der Waals surface area (Å²) in [6, 6.07) is 0. The maximum Gasteiger partial charge on any atom is 0.0109 e. The van der Waals surface area contributed by atoms with Crippen LogP contribution in [0.1, 0.15) is 58.3 Å². The van der Waals surface area contributed by atoms with Gasteiger partial charge >= 0.3 is 0 Å². The maximum atomic E-state index is 5.56. The highest BCUT2D eigenvalue weighted by molar-refractivity contribution is 4.69. The summed E-state index contributed by atoms with van der Waals surface area (Å²) in [6.45, 7) is 10.8. The molecular formula is C16H35N3. The third-order valence-corrected chi connectivity index (χ3v) is 4.19. The molecule has 1 rings (SSSR count). The quantitative estimate of drug-likeness (QED) is 0.619. The summed E-state index contributed by atoms with van der Waals surface area (Å²) >= 11 is 0. The van der Waals surface area contributed by atoms with Gasteiger partial charge in [0.25, 0.3) is 0 Å². The van der Waals surface area contributed by atoms with Crippen molar-refractivity contribution < 1.29 is 0 Å². The molecule has 0 aliphatic carbocycles. The van der Waals surface area contributed by atoms with Crippen LogP contribution >= 0.6 is 0 Å². The van der Waals surface area contributed by atoms with E-state index in [1.54, 1.807) is 0 Å². The number of rotatable bonds is 10. The van der Waals surface area contributed by atoms with Crippen LogP contribution in [-0.2, 0) is 0 Å². The molecule has 0 saturated carbocycles. The standard InChI is InChI=1S/C16H35N3/c1-2-3-4-5-7-11-18-13-9-14-19(16-15-18)12-8-6-10-17/h2-17H2,1H3. The molecule has 0 unspecified atom stereocenters. The van der Waals surface area contributed by atoms with E-state index in [4.69, 9.17) is 5.73 Å². The first-order chi connectivity index (χ1) is 9.36. The molecule has 0 bridgehead atoms. The highest BCUT2D eigenvalue weighted by Gasteiger charge is 2.13. The van der Waals surface area contributed by atoms with Gasteiger partial charge in [-0.25, -0.2) is 0 Å². The van der Waals surface area contributed by atoms with Crippen molar-refractivity contribution in [1.82, 2.24) is 9.80 Å². The van der Waals surface area contributed by atoms with E-state index in [9.17, 15) is 0 Å². The molecule has 0 spiro atoms. The Morgan fingerprint density at radius 3 is 1.89 bits per heavy atom. The molecule has 1 heterocycles. The van der Waals surface area contributed by atoms with Gasteiger partial charge in [-0.3, -0.25) is 0 Å². The number of hydrogen-bond acceptors (Lipinski definition) is 3. The Morgan fingerprint density at radius 2 is 1.32 bits per heavy atom. The smallest absolute Gasteiger partial charge is 0.0109 e. The molecule has 1 saturated heterocycles. The van der Waals surface area contributed by atoms with Gasteiger partial charge in [-0.05, 0) is 58.4 Å². The number of hydrogen-bond donors (Lipinski definition) is 1. The van der Waals surface area contributed by atoms with E-state index in [-0.39, 0.29) is 0 Å². The SMILES string of the molecule is CCCCCCCN1CCCN(CCCCN)CC1. The Kier molecular flexibility index (Phi) is 10.4. The van der Waals surface area contributed by atoms with Gasteiger partial charge in [-0.15, -0.1) is 0 Å². The minimum Gasteiger partial charge on any atom is -0.330 e. The van der Waals surface area contributed by atoms with Crippen LogP contribution in [0.4, 0.5) is 0 Å². The zero-order valence-electron chi connectivity index (χ0n) is 13.1. The monoisotopic (exact) mass is 269 g/mol. The molecule has 0 aromatic rings. The van der Waals surface area contributed by atoms with Gasteiger partial charge in [-0.2, -0.15) is 0 Å². The normalized spacial score (nSPS) is 18.6. The van der Waals surface area contributed by atoms with E-state index < -0.39 is 0 Å². The predicted molar refractivity (Wildman–Crippen MR) is 84.5 cm³/mol. The van der Waals surface area contributed by atoms with E-state index in [2.05, 4.69) is 16.7 Å². The van der Waals surface area contributed by atoms with Crippen LogP contribution in [-0.4, -0.2) is 55.6 Å². The van der Waals surface area contributed by atoms with Gasteiger partial charge in [-0.1, -0.05) is 32.6 Å². The van der Waals surface area contributed by atoms with E-state index >= 15 is 0 Å². The molecule has 3 heteroatoms. The lowest BCUT2D eigenvalue weighted by molar-refractivity contribution is 0.250. The average Bonchev–Trinajstić information content (AvgIpc) is 2.65. The lowest BCUT2D eigenvalue weighted by atomic mass is 10.1. The van der Waals surface area contributed by atoms with E-state index in [0.717, 1.165) is 6.54 Å². The summed E-state index contributed by atoms with van der Waals surface area (Å²) in [5, 5.41) is 0. The zero-order valence-corrected chi connectivity index (χ0v) is 13.1. The summed E-state index contributed by atoms with van der Waals surface area (Å²) in [4.78, 5) is 5.31. The van der Waals surface area contributed by atoms with Crippen molar-refractivity contribution in [3.05, 3.63) is 0 Å². The van der Waals surface area contributed by atoms with E-state index in [0.29, 0.717) is 0 Å². The van der Waals surface area contributed by atoms with Crippen molar-refractivity contribution in [2.24, 2.45) is 5.73 Å². The van der Waals surface area contributed by atoms with Crippen molar-refractivity contribution >= 4 is 0 Å². The number of nitrogens with two attached hydrogens (primary N) is 1. The van der Waals surface area contributed by atoms with Gasteiger partial charge < -0.3 is 15.5 Å². The van der Waals surface area contributed by atoms with Gasteiger partial charge in [0.05, 0.1) is 0 Å². The van der Waals surface area contributed by atoms with Gasteiger partial charge in [0.1, 0.15) is 0 Å². The summed E-state index contributed by atoms with van der Waals surface area (Å²) < 4.78 is 0. The highest BCUT2D eigenvalue weighted by atomic mass is 15.2. The maximum absolute atomic E-state index is 5.56. The molecule has 1 aliphatic rings. The van der Waals surface area contributed by atoms with E-state index in [1.165, 1.54) is 90.6 Å². The number of nitrogens with zero attached hydrogens (tertiary/aromatic N) is 2. The molecule has 0 radical (unpaired) electrons. The Labute approximate surface area is 120 Å². The van der Waals surface area contributed by atoms with Crippen LogP contribution < -0.4 is 5.73 Å². The van der Waals surface area contributed by atoms with Crippen molar-refractivity contribution in [3.8, 4) is 0 Å². The molecule has 0 atom stereocenters. The fourth-order valence-electron chi connectivity index (χ4n) is 2.89. The van der Waals surface area contributed by atoms with Crippen molar-refractivity contribution in [2.45, 2.75) is 58.3 Å². The minimum atomic E-state index is 0.845. The second-order valence-electron chi connectivity index (χ2n) is 5.95. The van der Waals surface area contributed by atoms with Crippen LogP contribution in [0.25, 0.3) is 0 Å². The Morgan fingerprint density at radius 1 is 0.737 bits per heavy atom. The van der Waals surface area contributed by atoms with Crippen molar-refractivity contribution in [3.63, 3.8) is 0 Å². The Balaban J connectivity index is 2.05. The summed E-state index contributed by atoms with van der Waals surface area (Å²) in [6.07, 6.45) is 10.8. The minimum absolute atomic E-state index is 0.845. The third kappa shape index (κ3) is 8.61. The van der Waals surface area contributed by atoms with Crippen LogP contribution in [0.5, 0.6) is 0 Å². The molecule has 1 fully saturated rings. The summed E-state index contributed by atoms with van der Waals surface area (Å²) in [5.41, 5.74) is 5.56. The lowest BCUT2D eigenvalue weighted by Crippen LogP contribution is -2.32. The molecule has 2 N–H and O–H groups in total. The average molecular weight is 269 g/mol. The first-order valence-corrected chi connectivity index (χ1v) is 8.51. The van der Waals surface area contributed by atoms with Crippen molar-refractivity contribution in [2.75, 3.05) is 45.8 Å². The second-order valence-corrected chi connectivity index (χ2v) is 5.95. The number of unbranched alkanes of at least 4 members (excludes halogenated alkanes) is 5. The fraction of sp³-hybridized carbons (Fsp3) is 1.00. The van der Waals surface area contributed by atoms with Crippen LogP contribution in [0.3, 0.4) is 0 Å². The van der Waals surface area contributed by atoms with E-state index in [1.807, 2.05) is 0 Å². The van der Waals surface area contributed by atoms with Crippen LogP contribution in [0, 0.1) is 0 Å². The molecule has 1 aliphatic heterocycles. The van der Waals surface area contributed by atoms with Crippen LogP contribution in [0.15, 0.2) is 0 Å².